The summed E-state index contributed by atoms with van der Waals surface area (Å²) < 4.78 is 54.7. The summed E-state index contributed by atoms with van der Waals surface area (Å²) in [6, 6.07) is 17.9. The maximum atomic E-state index is 12.8. The molecule has 190 valence electrons. The molecule has 0 aliphatic carbocycles. The molecule has 0 atom stereocenters. The molecule has 1 fully saturated rings. The van der Waals surface area contributed by atoms with Crippen LogP contribution < -0.4 is 10.0 Å². The van der Waals surface area contributed by atoms with Crippen LogP contribution >= 0.6 is 0 Å². The number of carbonyl (C=O) groups is 1. The number of benzene rings is 3. The predicted octanol–water partition coefficient (Wildman–Crippen LogP) is 4.28. The minimum Gasteiger partial charge on any atom is -0.322 e. The molecule has 1 saturated heterocycles. The zero-order valence-electron chi connectivity index (χ0n) is 20.2. The van der Waals surface area contributed by atoms with Gasteiger partial charge in [0.1, 0.15) is 0 Å². The highest BCUT2D eigenvalue weighted by Gasteiger charge is 2.25. The van der Waals surface area contributed by atoms with E-state index in [0.717, 1.165) is 24.0 Å². The lowest BCUT2D eigenvalue weighted by Crippen LogP contribution is -2.29. The van der Waals surface area contributed by atoms with E-state index in [1.54, 1.807) is 30.3 Å². The highest BCUT2D eigenvalue weighted by atomic mass is 32.2. The molecule has 0 unspecified atom stereocenters. The van der Waals surface area contributed by atoms with Crippen molar-refractivity contribution in [3.63, 3.8) is 0 Å². The maximum absolute atomic E-state index is 12.8. The minimum atomic E-state index is -3.79. The van der Waals surface area contributed by atoms with Crippen molar-refractivity contribution in [2.45, 2.75) is 37.3 Å². The van der Waals surface area contributed by atoms with Gasteiger partial charge in [-0.2, -0.15) is 0 Å². The zero-order chi connectivity index (χ0) is 25.9. The molecule has 8 nitrogen and oxygen atoms in total. The summed E-state index contributed by atoms with van der Waals surface area (Å²) in [5.74, 6) is -0.478. The van der Waals surface area contributed by atoms with Crippen LogP contribution in [0.3, 0.4) is 0 Å². The molecule has 4 rings (SSSR count). The fourth-order valence-electron chi connectivity index (χ4n) is 3.99. The molecule has 2 N–H and O–H groups in total. The van der Waals surface area contributed by atoms with E-state index in [-0.39, 0.29) is 16.6 Å². The first-order valence-corrected chi connectivity index (χ1v) is 14.7. The molecule has 3 aromatic carbocycles. The van der Waals surface area contributed by atoms with E-state index in [9.17, 15) is 21.6 Å². The number of anilines is 2. The molecular formula is C26H29N3O5S2. The fraction of sp³-hybridized carbons (Fsp3) is 0.269. The molecule has 0 spiro atoms. The van der Waals surface area contributed by atoms with Crippen molar-refractivity contribution in [2.24, 2.45) is 0 Å². The second-order valence-electron chi connectivity index (χ2n) is 8.96. The molecule has 0 bridgehead atoms. The monoisotopic (exact) mass is 527 g/mol. The predicted molar refractivity (Wildman–Crippen MR) is 141 cm³/mol. The van der Waals surface area contributed by atoms with Crippen LogP contribution in [0.4, 0.5) is 11.4 Å². The Balaban J connectivity index is 1.39. The van der Waals surface area contributed by atoms with Crippen LogP contribution in [-0.2, 0) is 25.8 Å². The van der Waals surface area contributed by atoms with Gasteiger partial charge in [0.05, 0.1) is 16.3 Å². The van der Waals surface area contributed by atoms with Gasteiger partial charge in [-0.15, -0.1) is 0 Å². The standard InChI is InChI=1S/C26H29N3O5S2/c1-19-5-6-20(2)25(17-19)28-36(33,34)24-13-11-23(12-14-24)27-26(30)22-9-7-21(8-10-22)18-35(31,32)29-15-3-4-16-29/h5-14,17,28H,3-4,15-16,18H2,1-2H3,(H,27,30). The number of aryl methyl sites for hydroxylation is 2. The molecule has 3 aromatic rings. The number of carbonyl (C=O) groups excluding carboxylic acids is 1. The van der Waals surface area contributed by atoms with Crippen molar-refractivity contribution in [3.8, 4) is 0 Å². The summed E-state index contributed by atoms with van der Waals surface area (Å²) in [4.78, 5) is 12.7. The number of hydrogen-bond donors (Lipinski definition) is 2. The van der Waals surface area contributed by atoms with Crippen LogP contribution in [0, 0.1) is 13.8 Å². The first-order valence-electron chi connectivity index (χ1n) is 11.6. The van der Waals surface area contributed by atoms with Crippen LogP contribution in [0.5, 0.6) is 0 Å². The SMILES string of the molecule is Cc1ccc(C)c(NS(=O)(=O)c2ccc(NC(=O)c3ccc(CS(=O)(=O)N4CCCC4)cc3)cc2)c1. The Hall–Kier alpha value is -3.21. The van der Waals surface area contributed by atoms with Crippen molar-refractivity contribution in [3.05, 3.63) is 89.0 Å². The largest absolute Gasteiger partial charge is 0.322 e. The summed E-state index contributed by atoms with van der Waals surface area (Å²) in [5, 5.41) is 2.73. The number of nitrogens with zero attached hydrogens (tertiary/aromatic N) is 1. The van der Waals surface area contributed by atoms with Gasteiger partial charge < -0.3 is 5.32 Å². The summed E-state index contributed by atoms with van der Waals surface area (Å²) in [5.41, 5.74) is 3.69. The van der Waals surface area contributed by atoms with Gasteiger partial charge in [0.25, 0.3) is 15.9 Å². The summed E-state index contributed by atoms with van der Waals surface area (Å²) in [6.07, 6.45) is 1.77. The number of nitrogens with one attached hydrogen (secondary N) is 2. The molecule has 0 radical (unpaired) electrons. The zero-order valence-corrected chi connectivity index (χ0v) is 21.8. The summed E-state index contributed by atoms with van der Waals surface area (Å²) >= 11 is 0. The fourth-order valence-corrected chi connectivity index (χ4v) is 6.72. The van der Waals surface area contributed by atoms with Crippen LogP contribution in [0.15, 0.2) is 71.6 Å². The maximum Gasteiger partial charge on any atom is 0.261 e. The number of sulfonamides is 2. The second kappa shape index (κ2) is 10.4. The molecule has 10 heteroatoms. The van der Waals surface area contributed by atoms with E-state index in [2.05, 4.69) is 10.0 Å². The molecule has 36 heavy (non-hydrogen) atoms. The van der Waals surface area contributed by atoms with Gasteiger partial charge in [0.15, 0.2) is 0 Å². The van der Waals surface area contributed by atoms with Crippen molar-refractivity contribution in [2.75, 3.05) is 23.1 Å². The van der Waals surface area contributed by atoms with E-state index in [4.69, 9.17) is 0 Å². The molecule has 1 aliphatic heterocycles. The molecule has 1 heterocycles. The third-order valence-electron chi connectivity index (χ3n) is 6.08. The van der Waals surface area contributed by atoms with Crippen molar-refractivity contribution < 1.29 is 21.6 Å². The van der Waals surface area contributed by atoms with E-state index in [1.807, 2.05) is 26.0 Å². The molecule has 1 amide bonds. The van der Waals surface area contributed by atoms with Crippen molar-refractivity contribution >= 4 is 37.3 Å². The van der Waals surface area contributed by atoms with Crippen LogP contribution in [0.2, 0.25) is 0 Å². The topological polar surface area (TPSA) is 113 Å². The van der Waals surface area contributed by atoms with Crippen LogP contribution in [-0.4, -0.2) is 40.1 Å². The number of rotatable bonds is 8. The summed E-state index contributed by atoms with van der Waals surface area (Å²) in [7, 11) is -7.15. The Kier molecular flexibility index (Phi) is 7.49. The molecule has 0 aromatic heterocycles. The Bertz CT molecular complexity index is 1460. The number of amides is 1. The highest BCUT2D eigenvalue weighted by molar-refractivity contribution is 7.92. The molecule has 1 aliphatic rings. The van der Waals surface area contributed by atoms with Gasteiger partial charge in [0, 0.05) is 24.3 Å². The first-order chi connectivity index (χ1) is 17.0. The lowest BCUT2D eigenvalue weighted by atomic mass is 10.1. The van der Waals surface area contributed by atoms with E-state index in [0.29, 0.717) is 35.6 Å². The van der Waals surface area contributed by atoms with Gasteiger partial charge in [-0.05, 0) is 85.8 Å². The third-order valence-corrected chi connectivity index (χ3v) is 9.31. The average molecular weight is 528 g/mol. The van der Waals surface area contributed by atoms with Gasteiger partial charge >= 0.3 is 0 Å². The van der Waals surface area contributed by atoms with Gasteiger partial charge in [-0.1, -0.05) is 24.3 Å². The lowest BCUT2D eigenvalue weighted by Gasteiger charge is -2.15. The van der Waals surface area contributed by atoms with Crippen molar-refractivity contribution in [1.29, 1.82) is 0 Å². The lowest BCUT2D eigenvalue weighted by molar-refractivity contribution is 0.102. The first kappa shape index (κ1) is 25.9. The normalized spacial score (nSPS) is 14.5. The van der Waals surface area contributed by atoms with Gasteiger partial charge in [0.2, 0.25) is 10.0 Å². The van der Waals surface area contributed by atoms with Gasteiger partial charge in [-0.3, -0.25) is 9.52 Å². The van der Waals surface area contributed by atoms with Gasteiger partial charge in [-0.25, -0.2) is 21.1 Å². The Morgan fingerprint density at radius 2 is 1.50 bits per heavy atom. The molecule has 0 saturated carbocycles. The summed E-state index contributed by atoms with van der Waals surface area (Å²) in [6.45, 7) is 4.84. The van der Waals surface area contributed by atoms with Crippen LogP contribution in [0.1, 0.15) is 39.9 Å². The number of hydrogen-bond acceptors (Lipinski definition) is 5. The quantitative estimate of drug-likeness (QED) is 0.454. The van der Waals surface area contributed by atoms with E-state index < -0.39 is 20.0 Å². The second-order valence-corrected chi connectivity index (χ2v) is 12.6. The Morgan fingerprint density at radius 1 is 0.861 bits per heavy atom. The van der Waals surface area contributed by atoms with Crippen LogP contribution in [0.25, 0.3) is 0 Å². The third kappa shape index (κ3) is 6.13. The Morgan fingerprint density at radius 3 is 2.14 bits per heavy atom. The highest BCUT2D eigenvalue weighted by Crippen LogP contribution is 2.23. The van der Waals surface area contributed by atoms with E-state index >= 15 is 0 Å². The van der Waals surface area contributed by atoms with E-state index in [1.165, 1.54) is 28.6 Å². The average Bonchev–Trinajstić information content (AvgIpc) is 3.38. The Labute approximate surface area is 212 Å². The van der Waals surface area contributed by atoms with Crippen molar-refractivity contribution in [1.82, 2.24) is 4.31 Å². The smallest absolute Gasteiger partial charge is 0.261 e. The molecular weight excluding hydrogens is 498 g/mol. The minimum absolute atomic E-state index is 0.0740.